The molecule has 36 heavy (non-hydrogen) atoms. The van der Waals surface area contributed by atoms with E-state index in [9.17, 15) is 5.11 Å². The van der Waals surface area contributed by atoms with Crippen molar-refractivity contribution >= 4 is 29.0 Å². The summed E-state index contributed by atoms with van der Waals surface area (Å²) in [6.07, 6.45) is 3.94. The number of rotatable bonds is 14. The number of H-pyrrole nitrogens is 1. The van der Waals surface area contributed by atoms with Gasteiger partial charge in [0.05, 0.1) is 0 Å². The van der Waals surface area contributed by atoms with Gasteiger partial charge in [-0.25, -0.2) is 0 Å². The van der Waals surface area contributed by atoms with E-state index in [1.54, 1.807) is 0 Å². The van der Waals surface area contributed by atoms with Crippen molar-refractivity contribution in [3.63, 3.8) is 0 Å². The zero-order valence-corrected chi connectivity index (χ0v) is 21.1. The van der Waals surface area contributed by atoms with Gasteiger partial charge in [-0.15, -0.1) is 5.76 Å². The largest absolute Gasteiger partial charge is 0.874 e. The van der Waals surface area contributed by atoms with Gasteiger partial charge in [0, 0.05) is 43.4 Å². The number of nitrogens with one attached hydrogen (secondary N) is 4. The lowest BCUT2D eigenvalue weighted by Gasteiger charge is -2.19. The van der Waals surface area contributed by atoms with Crippen molar-refractivity contribution < 1.29 is 5.11 Å². The van der Waals surface area contributed by atoms with E-state index in [-0.39, 0.29) is 12.3 Å². The lowest BCUT2D eigenvalue weighted by Crippen LogP contribution is -2.28. The van der Waals surface area contributed by atoms with Gasteiger partial charge < -0.3 is 26.0 Å². The molecule has 1 aliphatic rings. The zero-order valence-electron chi connectivity index (χ0n) is 21.1. The topological polar surface area (TPSA) is 117 Å². The molecule has 0 atom stereocenters. The fourth-order valence-corrected chi connectivity index (χ4v) is 3.85. The highest BCUT2D eigenvalue weighted by molar-refractivity contribution is 5.72. The van der Waals surface area contributed by atoms with Crippen molar-refractivity contribution in [2.24, 2.45) is 0 Å². The smallest absolute Gasteiger partial charge is 0.226 e. The molecule has 0 bridgehead atoms. The Morgan fingerprint density at radius 2 is 1.83 bits per heavy atom. The molecule has 0 unspecified atom stereocenters. The van der Waals surface area contributed by atoms with Gasteiger partial charge in [-0.1, -0.05) is 56.8 Å². The molecule has 1 aromatic carbocycles. The minimum Gasteiger partial charge on any atom is -0.874 e. The van der Waals surface area contributed by atoms with Crippen LogP contribution in [0.2, 0.25) is 0 Å². The summed E-state index contributed by atoms with van der Waals surface area (Å²) in [5.41, 5.74) is 2.72. The first-order valence-corrected chi connectivity index (χ1v) is 12.6. The summed E-state index contributed by atoms with van der Waals surface area (Å²) in [5, 5.41) is 29.7. The van der Waals surface area contributed by atoms with Crippen LogP contribution in [0.3, 0.4) is 0 Å². The van der Waals surface area contributed by atoms with Crippen molar-refractivity contribution in [1.82, 2.24) is 25.1 Å². The Kier molecular flexibility index (Phi) is 8.57. The van der Waals surface area contributed by atoms with E-state index in [4.69, 9.17) is 0 Å². The third-order valence-corrected chi connectivity index (χ3v) is 6.13. The van der Waals surface area contributed by atoms with Crippen LogP contribution in [-0.4, -0.2) is 57.8 Å². The molecule has 0 aliphatic heterocycles. The standard InChI is InChI=1S/C27H36N8O/c1-4-35(5-2)14-13-28-24-17-25(30-26-16-23(33-34-26)21-11-12-21)32-27(31-24)29-18-22(36)15-19(3)20-9-7-6-8-10-20/h6-10,15-17,21,36H,3-5,11-14,18H2,1-2H3,(H4,28,29,30,31,32,33,34)/p-1/b22-15-. The van der Waals surface area contributed by atoms with Gasteiger partial charge in [0.15, 0.2) is 5.82 Å². The van der Waals surface area contributed by atoms with Gasteiger partial charge in [-0.2, -0.15) is 15.1 Å². The molecule has 2 heterocycles. The number of aromatic nitrogens is 4. The number of hydrogen-bond donors (Lipinski definition) is 4. The highest BCUT2D eigenvalue weighted by Gasteiger charge is 2.25. The van der Waals surface area contributed by atoms with E-state index >= 15 is 0 Å². The van der Waals surface area contributed by atoms with Crippen LogP contribution in [0, 0.1) is 0 Å². The van der Waals surface area contributed by atoms with E-state index in [0.29, 0.717) is 34.9 Å². The van der Waals surface area contributed by atoms with Gasteiger partial charge in [0.2, 0.25) is 5.95 Å². The molecule has 4 N–H and O–H groups in total. The first-order chi connectivity index (χ1) is 17.5. The van der Waals surface area contributed by atoms with Gasteiger partial charge in [-0.05, 0) is 37.1 Å². The van der Waals surface area contributed by atoms with Crippen LogP contribution < -0.4 is 21.1 Å². The number of anilines is 4. The number of hydrogen-bond acceptors (Lipinski definition) is 8. The van der Waals surface area contributed by atoms with Crippen LogP contribution in [-0.2, 0) is 0 Å². The van der Waals surface area contributed by atoms with E-state index in [1.165, 1.54) is 18.9 Å². The second-order valence-electron chi connectivity index (χ2n) is 8.88. The number of aromatic amines is 1. The summed E-state index contributed by atoms with van der Waals surface area (Å²) in [4.78, 5) is 11.5. The van der Waals surface area contributed by atoms with E-state index in [0.717, 1.165) is 37.4 Å². The predicted octanol–water partition coefficient (Wildman–Crippen LogP) is 3.94. The zero-order chi connectivity index (χ0) is 25.3. The maximum Gasteiger partial charge on any atom is 0.226 e. The van der Waals surface area contributed by atoms with Crippen LogP contribution in [0.1, 0.15) is 43.9 Å². The Hall–Kier alpha value is -3.85. The summed E-state index contributed by atoms with van der Waals surface area (Å²) >= 11 is 0. The molecule has 3 aromatic rings. The summed E-state index contributed by atoms with van der Waals surface area (Å²) in [7, 11) is 0. The van der Waals surface area contributed by atoms with E-state index in [1.807, 2.05) is 42.5 Å². The minimum absolute atomic E-state index is 0.0580. The van der Waals surface area contributed by atoms with Crippen LogP contribution in [0.25, 0.3) is 5.57 Å². The molecule has 9 heteroatoms. The van der Waals surface area contributed by atoms with E-state index in [2.05, 4.69) is 61.4 Å². The molecule has 0 radical (unpaired) electrons. The molecule has 2 aromatic heterocycles. The molecule has 1 saturated carbocycles. The van der Waals surface area contributed by atoms with Gasteiger partial charge in [0.1, 0.15) is 11.6 Å². The fourth-order valence-electron chi connectivity index (χ4n) is 3.85. The first kappa shape index (κ1) is 25.2. The number of benzene rings is 1. The van der Waals surface area contributed by atoms with Crippen LogP contribution >= 0.6 is 0 Å². The third kappa shape index (κ3) is 7.32. The Balaban J connectivity index is 1.44. The van der Waals surface area contributed by atoms with Gasteiger partial charge in [-0.3, -0.25) is 5.10 Å². The maximum absolute atomic E-state index is 12.6. The molecule has 1 aliphatic carbocycles. The normalized spacial score (nSPS) is 13.6. The lowest BCUT2D eigenvalue weighted by atomic mass is 10.1. The summed E-state index contributed by atoms with van der Waals surface area (Å²) in [6, 6.07) is 13.5. The second-order valence-corrected chi connectivity index (χ2v) is 8.88. The number of allylic oxidation sites excluding steroid dienone is 2. The van der Waals surface area contributed by atoms with Crippen molar-refractivity contribution in [1.29, 1.82) is 0 Å². The van der Waals surface area contributed by atoms with Crippen LogP contribution in [0.5, 0.6) is 0 Å². The fraction of sp³-hybridized carbons (Fsp3) is 0.370. The van der Waals surface area contributed by atoms with Crippen molar-refractivity contribution in [2.75, 3.05) is 48.7 Å². The maximum atomic E-state index is 12.6. The monoisotopic (exact) mass is 487 g/mol. The minimum atomic E-state index is -0.108. The average Bonchev–Trinajstić information content (AvgIpc) is 3.64. The Morgan fingerprint density at radius 3 is 2.56 bits per heavy atom. The summed E-state index contributed by atoms with van der Waals surface area (Å²) < 4.78 is 0. The lowest BCUT2D eigenvalue weighted by molar-refractivity contribution is -0.302. The second kappa shape index (κ2) is 12.2. The summed E-state index contributed by atoms with van der Waals surface area (Å²) in [5.74, 6) is 2.81. The molecule has 1 fully saturated rings. The summed E-state index contributed by atoms with van der Waals surface area (Å²) in [6.45, 7) is 12.0. The molecule has 0 spiro atoms. The molecule has 9 nitrogen and oxygen atoms in total. The first-order valence-electron chi connectivity index (χ1n) is 12.6. The quantitative estimate of drug-likeness (QED) is 0.200. The molecule has 0 saturated heterocycles. The van der Waals surface area contributed by atoms with Crippen molar-refractivity contribution in [3.8, 4) is 0 Å². The molecule has 190 valence electrons. The molecular formula is C27H35N8O-. The van der Waals surface area contributed by atoms with Crippen molar-refractivity contribution in [2.45, 2.75) is 32.6 Å². The highest BCUT2D eigenvalue weighted by atomic mass is 16.3. The van der Waals surface area contributed by atoms with Gasteiger partial charge >= 0.3 is 0 Å². The number of likely N-dealkylation sites (N-methyl/N-ethyl adjacent to an activating group) is 1. The van der Waals surface area contributed by atoms with Crippen molar-refractivity contribution in [3.05, 3.63) is 72.1 Å². The van der Waals surface area contributed by atoms with Crippen LogP contribution in [0.4, 0.5) is 23.4 Å². The van der Waals surface area contributed by atoms with Crippen LogP contribution in [0.15, 0.2) is 60.9 Å². The Morgan fingerprint density at radius 1 is 1.08 bits per heavy atom. The third-order valence-electron chi connectivity index (χ3n) is 6.13. The van der Waals surface area contributed by atoms with E-state index < -0.39 is 0 Å². The Labute approximate surface area is 212 Å². The molecule has 4 rings (SSSR count). The Bertz CT molecular complexity index is 1170. The highest BCUT2D eigenvalue weighted by Crippen LogP contribution is 2.39. The number of nitrogens with zero attached hydrogens (tertiary/aromatic N) is 4. The molecular weight excluding hydrogens is 452 g/mol. The average molecular weight is 488 g/mol. The SMILES string of the molecule is C=C(/C=C(\[O-])CNc1nc(NCCN(CC)CC)cc(Nc2cc(C3CC3)[nH]n2)n1)c1ccccc1. The predicted molar refractivity (Wildman–Crippen MR) is 144 cm³/mol. The molecule has 0 amide bonds. The van der Waals surface area contributed by atoms with Gasteiger partial charge in [0.25, 0.3) is 0 Å².